The van der Waals surface area contributed by atoms with Crippen LogP contribution in [0, 0.1) is 9.62 Å². The molecule has 1 aliphatic rings. The Morgan fingerprint density at radius 2 is 2.04 bits per heavy atom. The first-order valence-corrected chi connectivity index (χ1v) is 8.69. The molecule has 3 aromatic rings. The van der Waals surface area contributed by atoms with E-state index in [4.69, 9.17) is 0 Å². The molecule has 0 aliphatic heterocycles. The Labute approximate surface area is 148 Å². The first-order valence-electron chi connectivity index (χ1n) is 7.61. The fraction of sp³-hybridized carbons (Fsp3) is 0.222. The highest BCUT2D eigenvalue weighted by Crippen LogP contribution is 2.49. The summed E-state index contributed by atoms with van der Waals surface area (Å²) in [5, 5.41) is 8.45. The third-order valence-electron chi connectivity index (χ3n) is 4.54. The summed E-state index contributed by atoms with van der Waals surface area (Å²) in [5.41, 5.74) is 3.13. The van der Waals surface area contributed by atoms with Gasteiger partial charge in [0.1, 0.15) is 3.70 Å². The van der Waals surface area contributed by atoms with Gasteiger partial charge in [-0.3, -0.25) is 9.89 Å². The molecule has 1 fully saturated rings. The summed E-state index contributed by atoms with van der Waals surface area (Å²) in [6, 6.07) is 16.1. The summed E-state index contributed by atoms with van der Waals surface area (Å²) in [6.07, 6.45) is 0.920. The van der Waals surface area contributed by atoms with Gasteiger partial charge in [0.15, 0.2) is 0 Å². The molecule has 4 nitrogen and oxygen atoms in total. The predicted molar refractivity (Wildman–Crippen MR) is 99.5 cm³/mol. The van der Waals surface area contributed by atoms with Crippen LogP contribution in [0.4, 0.5) is 5.69 Å². The number of rotatable bonds is 3. The van der Waals surface area contributed by atoms with Crippen molar-refractivity contribution in [3.63, 3.8) is 0 Å². The zero-order chi connectivity index (χ0) is 16.0. The van der Waals surface area contributed by atoms with Crippen LogP contribution in [0.1, 0.15) is 17.9 Å². The standard InChI is InChI=1S/C18H16IN3O/c1-22(12-5-3-2-4-6-12)18(23)15-10-14(15)11-7-8-13-16(9-11)20-21-17(13)19/h2-9,14-15H,10H2,1H3,(H,20,21)/t14-,15+/m0/s1. The minimum absolute atomic E-state index is 0.0793. The molecule has 2 atom stereocenters. The van der Waals surface area contributed by atoms with E-state index in [2.05, 4.69) is 51.0 Å². The van der Waals surface area contributed by atoms with Crippen molar-refractivity contribution in [1.29, 1.82) is 0 Å². The van der Waals surface area contributed by atoms with Crippen LogP contribution >= 0.6 is 22.6 Å². The molecule has 1 heterocycles. The third kappa shape index (κ3) is 2.63. The fourth-order valence-corrected chi connectivity index (χ4v) is 3.67. The molecule has 1 saturated carbocycles. The van der Waals surface area contributed by atoms with Crippen molar-refractivity contribution in [3.05, 3.63) is 57.8 Å². The summed E-state index contributed by atoms with van der Waals surface area (Å²) >= 11 is 2.25. The van der Waals surface area contributed by atoms with E-state index in [9.17, 15) is 4.79 Å². The quantitative estimate of drug-likeness (QED) is 0.657. The van der Waals surface area contributed by atoms with E-state index in [0.717, 1.165) is 26.7 Å². The van der Waals surface area contributed by atoms with Crippen molar-refractivity contribution in [2.45, 2.75) is 12.3 Å². The molecule has 1 N–H and O–H groups in total. The van der Waals surface area contributed by atoms with Gasteiger partial charge in [0.25, 0.3) is 0 Å². The lowest BCUT2D eigenvalue weighted by Crippen LogP contribution is -2.28. The van der Waals surface area contributed by atoms with Crippen LogP contribution in [0.3, 0.4) is 0 Å². The molecular formula is C18H16IN3O. The van der Waals surface area contributed by atoms with Gasteiger partial charge < -0.3 is 4.90 Å². The topological polar surface area (TPSA) is 49.0 Å². The smallest absolute Gasteiger partial charge is 0.230 e. The molecule has 1 aromatic heterocycles. The Kier molecular flexibility index (Phi) is 3.60. The fourth-order valence-electron chi connectivity index (χ4n) is 3.09. The van der Waals surface area contributed by atoms with E-state index in [1.54, 1.807) is 4.90 Å². The average molecular weight is 417 g/mol. The van der Waals surface area contributed by atoms with E-state index in [1.807, 2.05) is 37.4 Å². The van der Waals surface area contributed by atoms with Crippen LogP contribution < -0.4 is 4.90 Å². The number of H-pyrrole nitrogens is 1. The average Bonchev–Trinajstić information content (AvgIpc) is 3.32. The Hall–Kier alpha value is -1.89. The first kappa shape index (κ1) is 14.7. The minimum Gasteiger partial charge on any atom is -0.315 e. The number of para-hydroxylation sites is 1. The number of carbonyl (C=O) groups excluding carboxylic acids is 1. The van der Waals surface area contributed by atoms with Gasteiger partial charge >= 0.3 is 0 Å². The van der Waals surface area contributed by atoms with Gasteiger partial charge in [-0.1, -0.05) is 24.3 Å². The SMILES string of the molecule is CN(C(=O)[C@@H]1C[C@H]1c1ccc2c(I)[nH]nc2c1)c1ccccc1. The number of anilines is 1. The highest BCUT2D eigenvalue weighted by atomic mass is 127. The maximum Gasteiger partial charge on any atom is 0.230 e. The molecule has 0 spiro atoms. The van der Waals surface area contributed by atoms with E-state index < -0.39 is 0 Å². The van der Waals surface area contributed by atoms with Crippen LogP contribution in [0.25, 0.3) is 10.9 Å². The van der Waals surface area contributed by atoms with Crippen molar-refractivity contribution in [1.82, 2.24) is 10.2 Å². The number of hydrogen-bond acceptors (Lipinski definition) is 2. The van der Waals surface area contributed by atoms with Crippen molar-refractivity contribution in [3.8, 4) is 0 Å². The van der Waals surface area contributed by atoms with E-state index in [1.165, 1.54) is 5.56 Å². The van der Waals surface area contributed by atoms with Crippen LogP contribution in [0.5, 0.6) is 0 Å². The van der Waals surface area contributed by atoms with Crippen LogP contribution in [-0.2, 0) is 4.79 Å². The Balaban J connectivity index is 1.53. The molecule has 5 heteroatoms. The van der Waals surface area contributed by atoms with E-state index >= 15 is 0 Å². The second-order valence-corrected chi connectivity index (χ2v) is 7.07. The van der Waals surface area contributed by atoms with Crippen LogP contribution in [0.15, 0.2) is 48.5 Å². The molecule has 1 amide bonds. The summed E-state index contributed by atoms with van der Waals surface area (Å²) < 4.78 is 1.05. The molecular weight excluding hydrogens is 401 g/mol. The number of nitrogens with zero attached hydrogens (tertiary/aromatic N) is 2. The Morgan fingerprint density at radius 3 is 2.83 bits per heavy atom. The summed E-state index contributed by atoms with van der Waals surface area (Å²) in [5.74, 6) is 0.584. The molecule has 116 valence electrons. The zero-order valence-corrected chi connectivity index (χ0v) is 14.8. The van der Waals surface area contributed by atoms with Crippen molar-refractivity contribution < 1.29 is 4.79 Å². The van der Waals surface area contributed by atoms with Gasteiger partial charge in [0.05, 0.1) is 5.52 Å². The van der Waals surface area contributed by atoms with Gasteiger partial charge in [0.2, 0.25) is 5.91 Å². The molecule has 1 aliphatic carbocycles. The summed E-state index contributed by atoms with van der Waals surface area (Å²) in [7, 11) is 1.85. The molecule has 0 unspecified atom stereocenters. The van der Waals surface area contributed by atoms with Crippen molar-refractivity contribution in [2.24, 2.45) is 5.92 Å². The number of aromatic amines is 1. The molecule has 0 saturated heterocycles. The predicted octanol–water partition coefficient (Wildman–Crippen LogP) is 3.93. The summed E-state index contributed by atoms with van der Waals surface area (Å²) in [4.78, 5) is 14.4. The van der Waals surface area contributed by atoms with Gasteiger partial charge in [-0.15, -0.1) is 0 Å². The zero-order valence-electron chi connectivity index (χ0n) is 12.7. The largest absolute Gasteiger partial charge is 0.315 e. The molecule has 4 rings (SSSR count). The van der Waals surface area contributed by atoms with Crippen molar-refractivity contribution >= 4 is 45.1 Å². The van der Waals surface area contributed by atoms with Gasteiger partial charge in [-0.25, -0.2) is 0 Å². The number of halogens is 1. The number of nitrogens with one attached hydrogen (secondary N) is 1. The molecule has 0 radical (unpaired) electrons. The van der Waals surface area contributed by atoms with Crippen LogP contribution in [-0.4, -0.2) is 23.2 Å². The van der Waals surface area contributed by atoms with E-state index in [-0.39, 0.29) is 11.8 Å². The number of amides is 1. The number of aromatic nitrogens is 2. The second-order valence-electron chi connectivity index (χ2n) is 6.00. The number of fused-ring (bicyclic) bond motifs is 1. The highest BCUT2D eigenvalue weighted by Gasteiger charge is 2.45. The van der Waals surface area contributed by atoms with Gasteiger partial charge in [-0.05, 0) is 64.8 Å². The minimum atomic E-state index is 0.0793. The lowest BCUT2D eigenvalue weighted by atomic mass is 10.1. The monoisotopic (exact) mass is 417 g/mol. The lowest BCUT2D eigenvalue weighted by Gasteiger charge is -2.17. The first-order chi connectivity index (χ1) is 11.1. The normalized spacial score (nSPS) is 19.7. The Morgan fingerprint density at radius 1 is 1.26 bits per heavy atom. The maximum absolute atomic E-state index is 12.7. The molecule has 2 aromatic carbocycles. The number of carbonyl (C=O) groups is 1. The number of benzene rings is 2. The summed E-state index contributed by atoms with van der Waals surface area (Å²) in [6.45, 7) is 0. The van der Waals surface area contributed by atoms with Gasteiger partial charge in [0, 0.05) is 24.0 Å². The van der Waals surface area contributed by atoms with E-state index in [0.29, 0.717) is 5.92 Å². The number of hydrogen-bond donors (Lipinski definition) is 1. The van der Waals surface area contributed by atoms with Crippen molar-refractivity contribution in [2.75, 3.05) is 11.9 Å². The highest BCUT2D eigenvalue weighted by molar-refractivity contribution is 14.1. The lowest BCUT2D eigenvalue weighted by molar-refractivity contribution is -0.119. The Bertz CT molecular complexity index is 874. The maximum atomic E-state index is 12.7. The van der Waals surface area contributed by atoms with Gasteiger partial charge in [-0.2, -0.15) is 5.10 Å². The molecule has 23 heavy (non-hydrogen) atoms. The third-order valence-corrected chi connectivity index (χ3v) is 5.36. The second kappa shape index (κ2) is 5.63. The van der Waals surface area contributed by atoms with Crippen LogP contribution in [0.2, 0.25) is 0 Å². The molecule has 0 bridgehead atoms.